The van der Waals surface area contributed by atoms with E-state index in [1.165, 1.54) is 6.20 Å². The van der Waals surface area contributed by atoms with Crippen molar-refractivity contribution in [2.45, 2.75) is 19.8 Å². The van der Waals surface area contributed by atoms with Gasteiger partial charge in [0.1, 0.15) is 11.5 Å². The zero-order valence-corrected chi connectivity index (χ0v) is 8.54. The molecule has 1 aromatic heterocycles. The highest BCUT2D eigenvalue weighted by atomic mass is 14.9. The third-order valence-electron chi connectivity index (χ3n) is 2.06. The number of aromatic nitrogens is 1. The molecule has 0 spiro atoms. The first-order chi connectivity index (χ1) is 6.57. The standard InChI is InChI=1S/C10H16N4/c1-4-13-10(12)9-8(11)7(5-14-9)6(2)3/h4-6,14H,1,11H2,2-3H3,(H2,12,13). The Morgan fingerprint density at radius 2 is 2.29 bits per heavy atom. The molecule has 0 aliphatic heterocycles. The Bertz CT molecular complexity index is 360. The van der Waals surface area contributed by atoms with Gasteiger partial charge in [0, 0.05) is 12.4 Å². The lowest BCUT2D eigenvalue weighted by molar-refractivity contribution is 0.871. The van der Waals surface area contributed by atoms with Crippen LogP contribution in [-0.4, -0.2) is 10.8 Å². The number of hydrogen-bond donors (Lipinski definition) is 3. The number of anilines is 1. The number of nitrogens with two attached hydrogens (primary N) is 2. The van der Waals surface area contributed by atoms with Crippen molar-refractivity contribution in [2.24, 2.45) is 10.7 Å². The van der Waals surface area contributed by atoms with Gasteiger partial charge < -0.3 is 16.5 Å². The van der Waals surface area contributed by atoms with Crippen LogP contribution < -0.4 is 11.5 Å². The summed E-state index contributed by atoms with van der Waals surface area (Å²) in [6, 6.07) is 0. The fourth-order valence-corrected chi connectivity index (χ4v) is 1.30. The lowest BCUT2D eigenvalue weighted by atomic mass is 10.1. The lowest BCUT2D eigenvalue weighted by Crippen LogP contribution is -2.15. The summed E-state index contributed by atoms with van der Waals surface area (Å²) >= 11 is 0. The number of hydrogen-bond acceptors (Lipinski definition) is 2. The Kier molecular flexibility index (Phi) is 2.96. The highest BCUT2D eigenvalue weighted by Gasteiger charge is 2.12. The topological polar surface area (TPSA) is 80.2 Å². The summed E-state index contributed by atoms with van der Waals surface area (Å²) in [6.07, 6.45) is 3.26. The minimum absolute atomic E-state index is 0.365. The van der Waals surface area contributed by atoms with E-state index in [4.69, 9.17) is 11.5 Å². The molecule has 0 unspecified atom stereocenters. The summed E-state index contributed by atoms with van der Waals surface area (Å²) in [7, 11) is 0. The average Bonchev–Trinajstić information content (AvgIpc) is 2.47. The van der Waals surface area contributed by atoms with Crippen molar-refractivity contribution in [3.63, 3.8) is 0 Å². The monoisotopic (exact) mass is 192 g/mol. The van der Waals surface area contributed by atoms with Gasteiger partial charge in [-0.25, -0.2) is 4.99 Å². The van der Waals surface area contributed by atoms with E-state index in [1.807, 2.05) is 6.20 Å². The molecule has 0 bridgehead atoms. The molecular weight excluding hydrogens is 176 g/mol. The van der Waals surface area contributed by atoms with Crippen LogP contribution in [0.1, 0.15) is 31.0 Å². The Labute approximate surface area is 83.7 Å². The maximum Gasteiger partial charge on any atom is 0.149 e. The Hall–Kier alpha value is -1.71. The van der Waals surface area contributed by atoms with E-state index in [-0.39, 0.29) is 0 Å². The second kappa shape index (κ2) is 4.00. The molecule has 0 aliphatic rings. The van der Waals surface area contributed by atoms with E-state index >= 15 is 0 Å². The van der Waals surface area contributed by atoms with Gasteiger partial charge in [-0.05, 0) is 11.5 Å². The van der Waals surface area contributed by atoms with Gasteiger partial charge in [0.15, 0.2) is 0 Å². The van der Waals surface area contributed by atoms with Crippen LogP contribution in [0, 0.1) is 0 Å². The molecule has 0 aliphatic carbocycles. The molecule has 0 atom stereocenters. The Morgan fingerprint density at radius 1 is 1.64 bits per heavy atom. The van der Waals surface area contributed by atoms with Gasteiger partial charge in [-0.3, -0.25) is 0 Å². The SMILES string of the molecule is C=CN=C(N)c1[nH]cc(C(C)C)c1N. The van der Waals surface area contributed by atoms with Gasteiger partial charge >= 0.3 is 0 Å². The van der Waals surface area contributed by atoms with Crippen molar-refractivity contribution in [2.75, 3.05) is 5.73 Å². The predicted molar refractivity (Wildman–Crippen MR) is 60.2 cm³/mol. The molecule has 0 fully saturated rings. The molecule has 1 rings (SSSR count). The van der Waals surface area contributed by atoms with E-state index in [9.17, 15) is 0 Å². The Morgan fingerprint density at radius 3 is 2.71 bits per heavy atom. The van der Waals surface area contributed by atoms with Crippen molar-refractivity contribution < 1.29 is 0 Å². The summed E-state index contributed by atoms with van der Waals surface area (Å²) in [6.45, 7) is 7.62. The third-order valence-corrected chi connectivity index (χ3v) is 2.06. The van der Waals surface area contributed by atoms with Crippen LogP contribution in [0.2, 0.25) is 0 Å². The second-order valence-corrected chi connectivity index (χ2v) is 3.38. The van der Waals surface area contributed by atoms with E-state index in [0.29, 0.717) is 23.1 Å². The molecule has 0 radical (unpaired) electrons. The number of H-pyrrole nitrogens is 1. The van der Waals surface area contributed by atoms with E-state index in [1.54, 1.807) is 0 Å². The Balaban J connectivity index is 3.13. The fraction of sp³-hybridized carbons (Fsp3) is 0.300. The van der Waals surface area contributed by atoms with Crippen LogP contribution in [0.5, 0.6) is 0 Å². The summed E-state index contributed by atoms with van der Waals surface area (Å²) in [5.41, 5.74) is 14.0. The first-order valence-electron chi connectivity index (χ1n) is 4.49. The zero-order valence-electron chi connectivity index (χ0n) is 8.54. The van der Waals surface area contributed by atoms with Gasteiger partial charge in [0.2, 0.25) is 0 Å². The zero-order chi connectivity index (χ0) is 10.7. The largest absolute Gasteiger partial charge is 0.397 e. The molecule has 14 heavy (non-hydrogen) atoms. The van der Waals surface area contributed by atoms with Crippen molar-refractivity contribution in [1.82, 2.24) is 4.98 Å². The fourth-order valence-electron chi connectivity index (χ4n) is 1.30. The number of nitrogens with one attached hydrogen (secondary N) is 1. The normalized spacial score (nSPS) is 12.1. The number of amidine groups is 1. The molecule has 0 amide bonds. The van der Waals surface area contributed by atoms with Crippen molar-refractivity contribution in [1.29, 1.82) is 0 Å². The summed E-state index contributed by atoms with van der Waals surface area (Å²) < 4.78 is 0. The minimum Gasteiger partial charge on any atom is -0.397 e. The summed E-state index contributed by atoms with van der Waals surface area (Å²) in [5, 5.41) is 0. The molecule has 1 aromatic rings. The van der Waals surface area contributed by atoms with Gasteiger partial charge in [-0.15, -0.1) is 0 Å². The van der Waals surface area contributed by atoms with Gasteiger partial charge in [0.25, 0.3) is 0 Å². The molecule has 5 N–H and O–H groups in total. The highest BCUT2D eigenvalue weighted by Crippen LogP contribution is 2.24. The molecule has 76 valence electrons. The number of aliphatic imine (C=N–C) groups is 1. The quantitative estimate of drug-likeness (QED) is 0.502. The first kappa shape index (κ1) is 10.4. The van der Waals surface area contributed by atoms with Gasteiger partial charge in [-0.1, -0.05) is 20.4 Å². The van der Waals surface area contributed by atoms with Crippen LogP contribution in [0.15, 0.2) is 24.0 Å². The summed E-state index contributed by atoms with van der Waals surface area (Å²) in [5.74, 6) is 0.737. The molecule has 1 heterocycles. The van der Waals surface area contributed by atoms with E-state index < -0.39 is 0 Å². The second-order valence-electron chi connectivity index (χ2n) is 3.38. The average molecular weight is 192 g/mol. The lowest BCUT2D eigenvalue weighted by Gasteiger charge is -2.03. The number of aromatic amines is 1. The molecule has 0 saturated heterocycles. The van der Waals surface area contributed by atoms with Crippen molar-refractivity contribution >= 4 is 11.5 Å². The smallest absolute Gasteiger partial charge is 0.149 e. The maximum absolute atomic E-state index is 5.91. The van der Waals surface area contributed by atoms with Crippen molar-refractivity contribution in [3.05, 3.63) is 30.2 Å². The molecule has 0 saturated carbocycles. The first-order valence-corrected chi connectivity index (χ1v) is 4.49. The van der Waals surface area contributed by atoms with E-state index in [2.05, 4.69) is 30.4 Å². The predicted octanol–water partition coefficient (Wildman–Crippen LogP) is 1.57. The molecular formula is C10H16N4. The molecule has 4 heteroatoms. The van der Waals surface area contributed by atoms with Crippen LogP contribution in [-0.2, 0) is 0 Å². The number of nitrogen functional groups attached to an aromatic ring is 1. The molecule has 4 nitrogen and oxygen atoms in total. The number of rotatable bonds is 3. The van der Waals surface area contributed by atoms with Crippen LogP contribution in [0.3, 0.4) is 0 Å². The van der Waals surface area contributed by atoms with Crippen LogP contribution in [0.25, 0.3) is 0 Å². The van der Waals surface area contributed by atoms with Crippen LogP contribution >= 0.6 is 0 Å². The van der Waals surface area contributed by atoms with Crippen LogP contribution in [0.4, 0.5) is 5.69 Å². The van der Waals surface area contributed by atoms with E-state index in [0.717, 1.165) is 5.56 Å². The number of nitrogens with zero attached hydrogens (tertiary/aromatic N) is 1. The van der Waals surface area contributed by atoms with Crippen molar-refractivity contribution in [3.8, 4) is 0 Å². The van der Waals surface area contributed by atoms with Gasteiger partial charge in [-0.2, -0.15) is 0 Å². The minimum atomic E-state index is 0.365. The summed E-state index contributed by atoms with van der Waals surface area (Å²) in [4.78, 5) is 6.89. The molecule has 0 aromatic carbocycles. The van der Waals surface area contributed by atoms with Gasteiger partial charge in [0.05, 0.1) is 5.69 Å². The highest BCUT2D eigenvalue weighted by molar-refractivity contribution is 6.01. The maximum atomic E-state index is 5.91. The third kappa shape index (κ3) is 1.79.